The van der Waals surface area contributed by atoms with Crippen molar-refractivity contribution in [2.45, 2.75) is 19.0 Å². The molecule has 2 rings (SSSR count). The Labute approximate surface area is 83.1 Å². The molecule has 1 saturated heterocycles. The predicted octanol–water partition coefficient (Wildman–Crippen LogP) is 1.26. The first-order valence-electron chi connectivity index (χ1n) is 4.80. The van der Waals surface area contributed by atoms with E-state index in [1.54, 1.807) is 0 Å². The van der Waals surface area contributed by atoms with Crippen LogP contribution in [-0.2, 0) is 9.53 Å². The second-order valence-corrected chi connectivity index (χ2v) is 3.28. The molecule has 1 aromatic rings. The molecule has 1 unspecified atom stereocenters. The van der Waals surface area contributed by atoms with Gasteiger partial charge in [0.2, 0.25) is 0 Å². The van der Waals surface area contributed by atoms with Crippen LogP contribution in [0.4, 0.5) is 0 Å². The lowest BCUT2D eigenvalue weighted by Crippen LogP contribution is -2.13. The maximum Gasteiger partial charge on any atom is 0.325 e. The molecule has 1 fully saturated rings. The first kappa shape index (κ1) is 9.21. The Kier molecular flexibility index (Phi) is 2.50. The van der Waals surface area contributed by atoms with Gasteiger partial charge < -0.3 is 4.74 Å². The lowest BCUT2D eigenvalue weighted by molar-refractivity contribution is -0.142. The first-order valence-corrected chi connectivity index (χ1v) is 4.80. The van der Waals surface area contributed by atoms with E-state index in [0.29, 0.717) is 6.61 Å². The summed E-state index contributed by atoms with van der Waals surface area (Å²) in [7, 11) is 0. The Morgan fingerprint density at radius 2 is 2.14 bits per heavy atom. The molecule has 0 bridgehead atoms. The second kappa shape index (κ2) is 3.80. The third-order valence-corrected chi connectivity index (χ3v) is 2.28. The van der Waals surface area contributed by atoms with Crippen molar-refractivity contribution in [2.75, 3.05) is 6.61 Å². The van der Waals surface area contributed by atoms with Gasteiger partial charge in [-0.25, -0.2) is 0 Å². The van der Waals surface area contributed by atoms with E-state index in [2.05, 4.69) is 5.32 Å². The number of hydrogen-bond donors (Lipinski definition) is 1. The standard InChI is InChI=1S/C11H13NO2/c1-2-14-11(13)10-9(12-10)8-6-4-3-5-7-8/h3-7,9-10,12H,2H2,1H3/t9?,10-/m0/s1. The summed E-state index contributed by atoms with van der Waals surface area (Å²) < 4.78 is 4.92. The van der Waals surface area contributed by atoms with Gasteiger partial charge in [0.1, 0.15) is 6.04 Å². The Morgan fingerprint density at radius 3 is 2.79 bits per heavy atom. The Hall–Kier alpha value is -1.35. The molecule has 1 heterocycles. The normalized spacial score (nSPS) is 24.4. The van der Waals surface area contributed by atoms with Crippen LogP contribution < -0.4 is 5.32 Å². The number of rotatable bonds is 3. The van der Waals surface area contributed by atoms with Crippen LogP contribution in [0.25, 0.3) is 0 Å². The summed E-state index contributed by atoms with van der Waals surface area (Å²) >= 11 is 0. The van der Waals surface area contributed by atoms with Gasteiger partial charge in [-0.05, 0) is 12.5 Å². The minimum absolute atomic E-state index is 0.141. The van der Waals surface area contributed by atoms with Crippen molar-refractivity contribution in [2.24, 2.45) is 0 Å². The van der Waals surface area contributed by atoms with E-state index in [1.807, 2.05) is 37.3 Å². The topological polar surface area (TPSA) is 48.2 Å². The van der Waals surface area contributed by atoms with Gasteiger partial charge in [0.15, 0.2) is 0 Å². The summed E-state index contributed by atoms with van der Waals surface area (Å²) in [5.41, 5.74) is 1.14. The Balaban J connectivity index is 1.96. The average Bonchev–Trinajstić information content (AvgIpc) is 2.99. The fourth-order valence-electron chi connectivity index (χ4n) is 1.52. The quantitative estimate of drug-likeness (QED) is 0.578. The second-order valence-electron chi connectivity index (χ2n) is 3.28. The third kappa shape index (κ3) is 1.77. The number of ether oxygens (including phenoxy) is 1. The van der Waals surface area contributed by atoms with Gasteiger partial charge in [-0.3, -0.25) is 10.1 Å². The number of carbonyl (C=O) groups excluding carboxylic acids is 1. The van der Waals surface area contributed by atoms with Crippen molar-refractivity contribution in [1.82, 2.24) is 5.32 Å². The van der Waals surface area contributed by atoms with E-state index in [-0.39, 0.29) is 18.1 Å². The number of benzene rings is 1. The summed E-state index contributed by atoms with van der Waals surface area (Å²) in [4.78, 5) is 11.3. The molecular weight excluding hydrogens is 178 g/mol. The first-order chi connectivity index (χ1) is 6.83. The van der Waals surface area contributed by atoms with E-state index < -0.39 is 0 Å². The van der Waals surface area contributed by atoms with Crippen LogP contribution in [0.15, 0.2) is 30.3 Å². The van der Waals surface area contributed by atoms with Gasteiger partial charge in [0.05, 0.1) is 12.6 Å². The van der Waals surface area contributed by atoms with E-state index >= 15 is 0 Å². The third-order valence-electron chi connectivity index (χ3n) is 2.28. The van der Waals surface area contributed by atoms with E-state index in [9.17, 15) is 4.79 Å². The van der Waals surface area contributed by atoms with Crippen molar-refractivity contribution >= 4 is 5.97 Å². The smallest absolute Gasteiger partial charge is 0.325 e. The van der Waals surface area contributed by atoms with Crippen molar-refractivity contribution in [1.29, 1.82) is 0 Å². The zero-order chi connectivity index (χ0) is 9.97. The van der Waals surface area contributed by atoms with Crippen molar-refractivity contribution in [3.05, 3.63) is 35.9 Å². The monoisotopic (exact) mass is 191 g/mol. The lowest BCUT2D eigenvalue weighted by atomic mass is 10.1. The highest BCUT2D eigenvalue weighted by Crippen LogP contribution is 2.29. The molecule has 2 atom stereocenters. The lowest BCUT2D eigenvalue weighted by Gasteiger charge is -1.98. The van der Waals surface area contributed by atoms with Crippen molar-refractivity contribution in [3.63, 3.8) is 0 Å². The largest absolute Gasteiger partial charge is 0.465 e. The molecule has 3 nitrogen and oxygen atoms in total. The molecule has 1 aliphatic rings. The van der Waals surface area contributed by atoms with Gasteiger partial charge in [0.25, 0.3) is 0 Å². The van der Waals surface area contributed by atoms with Crippen LogP contribution >= 0.6 is 0 Å². The molecule has 0 amide bonds. The van der Waals surface area contributed by atoms with Crippen LogP contribution in [0, 0.1) is 0 Å². The molecule has 74 valence electrons. The van der Waals surface area contributed by atoms with Gasteiger partial charge in [0, 0.05) is 0 Å². The van der Waals surface area contributed by atoms with E-state index in [0.717, 1.165) is 5.56 Å². The summed E-state index contributed by atoms with van der Waals surface area (Å²) in [6.45, 7) is 2.26. The molecule has 0 radical (unpaired) electrons. The maximum absolute atomic E-state index is 11.3. The van der Waals surface area contributed by atoms with Crippen LogP contribution in [0.2, 0.25) is 0 Å². The van der Waals surface area contributed by atoms with Crippen molar-refractivity contribution < 1.29 is 9.53 Å². The molecule has 1 aliphatic heterocycles. The zero-order valence-electron chi connectivity index (χ0n) is 8.07. The van der Waals surface area contributed by atoms with Crippen LogP contribution in [-0.4, -0.2) is 18.6 Å². The minimum Gasteiger partial charge on any atom is -0.465 e. The van der Waals surface area contributed by atoms with Crippen molar-refractivity contribution in [3.8, 4) is 0 Å². The average molecular weight is 191 g/mol. The predicted molar refractivity (Wildman–Crippen MR) is 52.7 cm³/mol. The molecule has 0 saturated carbocycles. The SMILES string of the molecule is CCOC(=O)[C@H]1NC1c1ccccc1. The highest BCUT2D eigenvalue weighted by molar-refractivity contribution is 5.80. The summed E-state index contributed by atoms with van der Waals surface area (Å²) in [6, 6.07) is 9.93. The van der Waals surface area contributed by atoms with Crippen LogP contribution in [0.3, 0.4) is 0 Å². The van der Waals surface area contributed by atoms with E-state index in [4.69, 9.17) is 4.74 Å². The molecule has 3 heteroatoms. The Morgan fingerprint density at radius 1 is 1.43 bits per heavy atom. The molecule has 1 N–H and O–H groups in total. The van der Waals surface area contributed by atoms with Crippen LogP contribution in [0.1, 0.15) is 18.5 Å². The number of hydrogen-bond acceptors (Lipinski definition) is 3. The van der Waals surface area contributed by atoms with Gasteiger partial charge in [-0.15, -0.1) is 0 Å². The van der Waals surface area contributed by atoms with E-state index in [1.165, 1.54) is 0 Å². The molecule has 0 spiro atoms. The number of esters is 1. The van der Waals surface area contributed by atoms with Gasteiger partial charge in [-0.2, -0.15) is 0 Å². The fourth-order valence-corrected chi connectivity index (χ4v) is 1.52. The summed E-state index contributed by atoms with van der Waals surface area (Å²) in [5, 5.41) is 3.10. The Bertz CT molecular complexity index is 323. The zero-order valence-corrected chi connectivity index (χ0v) is 8.07. The molecule has 0 aliphatic carbocycles. The highest BCUT2D eigenvalue weighted by atomic mass is 16.5. The molecule has 14 heavy (non-hydrogen) atoms. The highest BCUT2D eigenvalue weighted by Gasteiger charge is 2.44. The minimum atomic E-state index is -0.152. The summed E-state index contributed by atoms with van der Waals surface area (Å²) in [6.07, 6.45) is 0. The van der Waals surface area contributed by atoms with Crippen LogP contribution in [0.5, 0.6) is 0 Å². The van der Waals surface area contributed by atoms with Gasteiger partial charge in [-0.1, -0.05) is 30.3 Å². The maximum atomic E-state index is 11.3. The van der Waals surface area contributed by atoms with Gasteiger partial charge >= 0.3 is 5.97 Å². The molecule has 0 aromatic heterocycles. The summed E-state index contributed by atoms with van der Waals surface area (Å²) in [5.74, 6) is -0.152. The number of nitrogens with one attached hydrogen (secondary N) is 1. The fraction of sp³-hybridized carbons (Fsp3) is 0.364. The molecule has 1 aromatic carbocycles. The number of carbonyl (C=O) groups is 1. The molecular formula is C11H13NO2.